The van der Waals surface area contributed by atoms with Crippen molar-refractivity contribution >= 4 is 15.9 Å². The lowest BCUT2D eigenvalue weighted by Gasteiger charge is -2.21. The molecule has 96 valence electrons. The second-order valence-electron chi connectivity index (χ2n) is 4.31. The fraction of sp³-hybridized carbons (Fsp3) is 0.286. The van der Waals surface area contributed by atoms with Crippen LogP contribution in [0.4, 0.5) is 0 Å². The monoisotopic (exact) mass is 309 g/mol. The Kier molecular flexibility index (Phi) is 4.22. The number of aliphatic hydroxyl groups is 1. The first kappa shape index (κ1) is 13.3. The highest BCUT2D eigenvalue weighted by Crippen LogP contribution is 2.33. The van der Waals surface area contributed by atoms with Crippen molar-refractivity contribution in [3.05, 3.63) is 58.0 Å². The van der Waals surface area contributed by atoms with Crippen LogP contribution in [0, 0.1) is 6.92 Å². The fourth-order valence-corrected chi connectivity index (χ4v) is 2.47. The summed E-state index contributed by atoms with van der Waals surface area (Å²) in [7, 11) is 0. The predicted molar refractivity (Wildman–Crippen MR) is 74.3 cm³/mol. The molecule has 0 bridgehead atoms. The van der Waals surface area contributed by atoms with Gasteiger partial charge in [-0.2, -0.15) is 0 Å². The summed E-state index contributed by atoms with van der Waals surface area (Å²) in [6.45, 7) is 2.27. The summed E-state index contributed by atoms with van der Waals surface area (Å²) in [6, 6.07) is 9.65. The second kappa shape index (κ2) is 5.69. The third-order valence-electron chi connectivity index (χ3n) is 3.08. The number of rotatable bonds is 4. The first-order valence-corrected chi connectivity index (χ1v) is 6.60. The van der Waals surface area contributed by atoms with Gasteiger partial charge in [-0.15, -0.1) is 0 Å². The fourth-order valence-electron chi connectivity index (χ4n) is 2.05. The van der Waals surface area contributed by atoms with E-state index in [0.29, 0.717) is 12.3 Å². The van der Waals surface area contributed by atoms with E-state index < -0.39 is 6.10 Å². The van der Waals surface area contributed by atoms with Crippen molar-refractivity contribution in [1.82, 2.24) is 0 Å². The summed E-state index contributed by atoms with van der Waals surface area (Å²) in [4.78, 5) is 0. The number of benzene rings is 1. The predicted octanol–water partition coefficient (Wildman–Crippen LogP) is 3.13. The number of aliphatic hydroxyl groups excluding tert-OH is 1. The molecule has 0 aliphatic carbocycles. The quantitative estimate of drug-likeness (QED) is 0.912. The lowest BCUT2D eigenvalue weighted by Crippen LogP contribution is -2.20. The van der Waals surface area contributed by atoms with E-state index >= 15 is 0 Å². The van der Waals surface area contributed by atoms with Crippen LogP contribution in [0.15, 0.2) is 45.5 Å². The van der Waals surface area contributed by atoms with Gasteiger partial charge in [0.15, 0.2) is 0 Å². The first-order chi connectivity index (χ1) is 8.63. The van der Waals surface area contributed by atoms with E-state index in [1.807, 2.05) is 37.3 Å². The van der Waals surface area contributed by atoms with Gasteiger partial charge in [-0.05, 0) is 36.2 Å². The Morgan fingerprint density at radius 2 is 2.17 bits per heavy atom. The van der Waals surface area contributed by atoms with Crippen LogP contribution in [-0.4, -0.2) is 11.7 Å². The van der Waals surface area contributed by atoms with Crippen LogP contribution in [0.1, 0.15) is 28.9 Å². The minimum Gasteiger partial charge on any atom is -0.466 e. The Bertz CT molecular complexity index is 524. The van der Waals surface area contributed by atoms with Crippen molar-refractivity contribution in [2.75, 3.05) is 6.54 Å². The third-order valence-corrected chi connectivity index (χ3v) is 3.58. The van der Waals surface area contributed by atoms with Crippen LogP contribution >= 0.6 is 15.9 Å². The van der Waals surface area contributed by atoms with Crippen molar-refractivity contribution in [3.8, 4) is 0 Å². The molecule has 1 aromatic heterocycles. The molecule has 2 rings (SSSR count). The summed E-state index contributed by atoms with van der Waals surface area (Å²) in [5, 5.41) is 10.4. The highest BCUT2D eigenvalue weighted by Gasteiger charge is 2.25. The Morgan fingerprint density at radius 1 is 1.39 bits per heavy atom. The zero-order chi connectivity index (χ0) is 13.1. The molecule has 4 heteroatoms. The largest absolute Gasteiger partial charge is 0.466 e. The highest BCUT2D eigenvalue weighted by molar-refractivity contribution is 9.10. The summed E-state index contributed by atoms with van der Waals surface area (Å²) >= 11 is 3.43. The van der Waals surface area contributed by atoms with Gasteiger partial charge in [0.1, 0.15) is 11.9 Å². The normalized spacial score (nSPS) is 14.4. The van der Waals surface area contributed by atoms with E-state index in [4.69, 9.17) is 10.2 Å². The zero-order valence-electron chi connectivity index (χ0n) is 10.1. The van der Waals surface area contributed by atoms with E-state index in [0.717, 1.165) is 15.6 Å². The van der Waals surface area contributed by atoms with Crippen molar-refractivity contribution in [3.63, 3.8) is 0 Å². The van der Waals surface area contributed by atoms with Crippen molar-refractivity contribution in [2.45, 2.75) is 18.9 Å². The van der Waals surface area contributed by atoms with Crippen molar-refractivity contribution < 1.29 is 9.52 Å². The van der Waals surface area contributed by atoms with Crippen LogP contribution in [0.5, 0.6) is 0 Å². The average Bonchev–Trinajstić information content (AvgIpc) is 2.76. The maximum atomic E-state index is 10.4. The lowest BCUT2D eigenvalue weighted by molar-refractivity contribution is 0.121. The van der Waals surface area contributed by atoms with Gasteiger partial charge >= 0.3 is 0 Å². The molecule has 1 heterocycles. The molecule has 18 heavy (non-hydrogen) atoms. The molecule has 2 atom stereocenters. The minimum atomic E-state index is -0.723. The van der Waals surface area contributed by atoms with Crippen LogP contribution in [0.3, 0.4) is 0 Å². The number of halogens is 1. The van der Waals surface area contributed by atoms with Crippen LogP contribution in [0.25, 0.3) is 0 Å². The molecule has 0 aliphatic rings. The van der Waals surface area contributed by atoms with Crippen LogP contribution in [-0.2, 0) is 0 Å². The van der Waals surface area contributed by atoms with E-state index in [2.05, 4.69) is 15.9 Å². The molecular formula is C14H16BrNO2. The number of hydrogen-bond donors (Lipinski definition) is 2. The molecule has 1 aromatic carbocycles. The molecule has 0 saturated heterocycles. The molecule has 0 spiro atoms. The van der Waals surface area contributed by atoms with E-state index in [1.165, 1.54) is 0 Å². The topological polar surface area (TPSA) is 59.4 Å². The van der Waals surface area contributed by atoms with Gasteiger partial charge in [0.2, 0.25) is 0 Å². The van der Waals surface area contributed by atoms with E-state index in [9.17, 15) is 5.11 Å². The first-order valence-electron chi connectivity index (χ1n) is 5.81. The highest BCUT2D eigenvalue weighted by atomic mass is 79.9. The molecule has 2 aromatic rings. The number of aryl methyl sites for hydroxylation is 1. The molecule has 0 amide bonds. The average molecular weight is 310 g/mol. The molecule has 2 unspecified atom stereocenters. The molecule has 3 nitrogen and oxygen atoms in total. The lowest BCUT2D eigenvalue weighted by atomic mass is 9.91. The van der Waals surface area contributed by atoms with Gasteiger partial charge in [-0.1, -0.05) is 28.1 Å². The smallest absolute Gasteiger partial charge is 0.135 e. The second-order valence-corrected chi connectivity index (χ2v) is 5.23. The molecule has 3 N–H and O–H groups in total. The van der Waals surface area contributed by atoms with Crippen molar-refractivity contribution in [2.24, 2.45) is 5.73 Å². The van der Waals surface area contributed by atoms with Crippen LogP contribution < -0.4 is 5.73 Å². The van der Waals surface area contributed by atoms with Gasteiger partial charge in [0.25, 0.3) is 0 Å². The minimum absolute atomic E-state index is 0.174. The zero-order valence-corrected chi connectivity index (χ0v) is 11.7. The molecule has 0 radical (unpaired) electrons. The number of furan rings is 1. The molecule has 0 aliphatic heterocycles. The summed E-state index contributed by atoms with van der Waals surface area (Å²) in [6.07, 6.45) is 0.863. The standard InChI is InChI=1S/C14H16BrNO2/c1-9-5-6-18-14(9)13(17)12(8-16)10-3-2-4-11(15)7-10/h2-7,12-13,17H,8,16H2,1H3. The Morgan fingerprint density at radius 3 is 2.72 bits per heavy atom. The molecular weight excluding hydrogens is 294 g/mol. The Labute approximate surface area is 115 Å². The third kappa shape index (κ3) is 2.66. The number of hydrogen-bond acceptors (Lipinski definition) is 3. The van der Waals surface area contributed by atoms with Crippen molar-refractivity contribution in [1.29, 1.82) is 0 Å². The van der Waals surface area contributed by atoms with Crippen LogP contribution in [0.2, 0.25) is 0 Å². The van der Waals surface area contributed by atoms with Gasteiger partial charge in [-0.25, -0.2) is 0 Å². The Hall–Kier alpha value is -1.10. The van der Waals surface area contributed by atoms with E-state index in [1.54, 1.807) is 6.26 Å². The summed E-state index contributed by atoms with van der Waals surface area (Å²) in [5.41, 5.74) is 7.73. The summed E-state index contributed by atoms with van der Waals surface area (Å²) in [5.74, 6) is 0.415. The molecule has 0 saturated carbocycles. The maximum absolute atomic E-state index is 10.4. The Balaban J connectivity index is 2.32. The molecule has 0 fully saturated rings. The SMILES string of the molecule is Cc1ccoc1C(O)C(CN)c1cccc(Br)c1. The summed E-state index contributed by atoms with van der Waals surface area (Å²) < 4.78 is 6.32. The number of nitrogens with two attached hydrogens (primary N) is 1. The maximum Gasteiger partial charge on any atom is 0.135 e. The van der Waals surface area contributed by atoms with Gasteiger partial charge in [-0.3, -0.25) is 0 Å². The van der Waals surface area contributed by atoms with Gasteiger partial charge in [0, 0.05) is 16.9 Å². The van der Waals surface area contributed by atoms with Gasteiger partial charge in [0.05, 0.1) is 6.26 Å². The van der Waals surface area contributed by atoms with Gasteiger partial charge < -0.3 is 15.3 Å². The van der Waals surface area contributed by atoms with E-state index in [-0.39, 0.29) is 5.92 Å².